The van der Waals surface area contributed by atoms with Gasteiger partial charge in [-0.25, -0.2) is 13.8 Å². The van der Waals surface area contributed by atoms with Crippen LogP contribution < -0.4 is 15.8 Å². The topological polar surface area (TPSA) is 80.1 Å². The molecule has 1 saturated heterocycles. The fourth-order valence-electron chi connectivity index (χ4n) is 3.22. The quantitative estimate of drug-likeness (QED) is 0.327. The Morgan fingerprint density at radius 1 is 1.26 bits per heavy atom. The van der Waals surface area contributed by atoms with Gasteiger partial charge in [0.05, 0.1) is 5.75 Å². The fraction of sp³-hybridized carbons (Fsp3) is 0.300. The molecule has 4 rings (SSSR count). The highest BCUT2D eigenvalue weighted by atomic mass is 32.2. The summed E-state index contributed by atoms with van der Waals surface area (Å²) in [5, 5.41) is 3.62. The maximum atomic E-state index is 13.3. The summed E-state index contributed by atoms with van der Waals surface area (Å²) in [7, 11) is 0. The number of rotatable bonds is 7. The van der Waals surface area contributed by atoms with E-state index in [0.29, 0.717) is 15.5 Å². The van der Waals surface area contributed by atoms with Gasteiger partial charge in [-0.3, -0.25) is 14.2 Å². The summed E-state index contributed by atoms with van der Waals surface area (Å²) in [5.41, 5.74) is 0.281. The molecule has 1 aliphatic rings. The van der Waals surface area contributed by atoms with Crippen LogP contribution in [0.4, 0.5) is 19.6 Å². The second-order valence-corrected chi connectivity index (χ2v) is 8.83. The van der Waals surface area contributed by atoms with E-state index < -0.39 is 17.5 Å². The Bertz CT molecular complexity index is 1200. The van der Waals surface area contributed by atoms with Gasteiger partial charge in [0.15, 0.2) is 27.6 Å². The Morgan fingerprint density at radius 2 is 2.03 bits per heavy atom. The number of nitrogens with one attached hydrogen (secondary N) is 1. The highest BCUT2D eigenvalue weighted by Gasteiger charge is 2.21. The lowest BCUT2D eigenvalue weighted by Gasteiger charge is -2.11. The monoisotopic (exact) mass is 463 g/mol. The first kappa shape index (κ1) is 21.4. The molecule has 1 fully saturated rings. The van der Waals surface area contributed by atoms with Gasteiger partial charge in [-0.2, -0.15) is 4.98 Å². The Hall–Kier alpha value is -2.79. The third kappa shape index (κ3) is 4.62. The van der Waals surface area contributed by atoms with E-state index in [2.05, 4.69) is 26.8 Å². The van der Waals surface area contributed by atoms with Crippen LogP contribution >= 0.6 is 23.1 Å². The summed E-state index contributed by atoms with van der Waals surface area (Å²) >= 11 is 2.40. The minimum atomic E-state index is -1.05. The van der Waals surface area contributed by atoms with E-state index in [1.165, 1.54) is 22.0 Å². The van der Waals surface area contributed by atoms with E-state index >= 15 is 0 Å². The number of hydrogen-bond acceptors (Lipinski definition) is 7. The largest absolute Gasteiger partial charge is 0.348 e. The molecular weight excluding hydrogens is 444 g/mol. The van der Waals surface area contributed by atoms with Crippen LogP contribution in [0.1, 0.15) is 12.8 Å². The Labute approximate surface area is 184 Å². The molecule has 0 bridgehead atoms. The number of halogens is 2. The third-order valence-corrected chi connectivity index (χ3v) is 6.76. The number of thioether (sulfide) groups is 1. The molecule has 3 aromatic rings. The number of carbonyl (C=O) groups is 1. The molecule has 1 aliphatic heterocycles. The number of amides is 1. The zero-order valence-corrected chi connectivity index (χ0v) is 18.1. The van der Waals surface area contributed by atoms with E-state index in [9.17, 15) is 18.4 Å². The fourth-order valence-corrected chi connectivity index (χ4v) is 5.02. The van der Waals surface area contributed by atoms with Crippen molar-refractivity contribution < 1.29 is 13.6 Å². The summed E-state index contributed by atoms with van der Waals surface area (Å²) < 4.78 is 28.3. The molecule has 1 amide bonds. The van der Waals surface area contributed by atoms with Crippen molar-refractivity contribution in [3.8, 4) is 0 Å². The van der Waals surface area contributed by atoms with Crippen LogP contribution in [0, 0.1) is 11.6 Å². The predicted molar refractivity (Wildman–Crippen MR) is 119 cm³/mol. The second-order valence-electron chi connectivity index (χ2n) is 6.91. The molecule has 0 spiro atoms. The molecule has 0 radical (unpaired) electrons. The van der Waals surface area contributed by atoms with Crippen LogP contribution in [-0.2, 0) is 11.3 Å². The Kier molecular flexibility index (Phi) is 6.33. The Balaban J connectivity index is 1.55. The summed E-state index contributed by atoms with van der Waals surface area (Å²) in [5.74, 6) is -2.55. The summed E-state index contributed by atoms with van der Waals surface area (Å²) in [6, 6.07) is 3.12. The molecular formula is C20H19F2N5O2S2. The molecule has 0 atom stereocenters. The lowest BCUT2D eigenvalue weighted by atomic mass is 10.3. The molecule has 11 heteroatoms. The number of anilines is 2. The zero-order chi connectivity index (χ0) is 22.0. The molecule has 0 aliphatic carbocycles. The van der Waals surface area contributed by atoms with Crippen molar-refractivity contribution in [3.63, 3.8) is 0 Å². The number of allylic oxidation sites excluding steroid dienone is 1. The molecule has 0 unspecified atom stereocenters. The minimum absolute atomic E-state index is 0.0722. The minimum Gasteiger partial charge on any atom is -0.348 e. The molecule has 162 valence electrons. The van der Waals surface area contributed by atoms with Gasteiger partial charge in [0.1, 0.15) is 4.70 Å². The highest BCUT2D eigenvalue weighted by Crippen LogP contribution is 2.29. The van der Waals surface area contributed by atoms with Gasteiger partial charge in [0.25, 0.3) is 5.56 Å². The van der Waals surface area contributed by atoms with E-state index in [4.69, 9.17) is 0 Å². The molecule has 0 saturated carbocycles. The van der Waals surface area contributed by atoms with Crippen LogP contribution in [0.25, 0.3) is 10.3 Å². The first-order valence-corrected chi connectivity index (χ1v) is 11.4. The molecule has 31 heavy (non-hydrogen) atoms. The normalized spacial score (nSPS) is 13.7. The number of nitrogens with zero attached hydrogens (tertiary/aromatic N) is 4. The van der Waals surface area contributed by atoms with Gasteiger partial charge >= 0.3 is 0 Å². The maximum absolute atomic E-state index is 13.3. The van der Waals surface area contributed by atoms with Crippen molar-refractivity contribution in [2.24, 2.45) is 0 Å². The molecule has 1 aromatic carbocycles. The Morgan fingerprint density at radius 3 is 2.74 bits per heavy atom. The van der Waals surface area contributed by atoms with Crippen molar-refractivity contribution in [2.45, 2.75) is 24.5 Å². The lowest BCUT2D eigenvalue weighted by molar-refractivity contribution is -0.113. The van der Waals surface area contributed by atoms with E-state index in [1.54, 1.807) is 6.08 Å². The van der Waals surface area contributed by atoms with E-state index in [-0.39, 0.29) is 23.5 Å². The second kappa shape index (κ2) is 9.15. The van der Waals surface area contributed by atoms with Crippen molar-refractivity contribution in [2.75, 3.05) is 29.1 Å². The smallest absolute Gasteiger partial charge is 0.274 e. The first-order chi connectivity index (χ1) is 15.0. The van der Waals surface area contributed by atoms with Crippen molar-refractivity contribution >= 4 is 50.2 Å². The van der Waals surface area contributed by atoms with Crippen molar-refractivity contribution in [1.82, 2.24) is 14.5 Å². The summed E-state index contributed by atoms with van der Waals surface area (Å²) in [4.78, 5) is 36.5. The maximum Gasteiger partial charge on any atom is 0.274 e. The van der Waals surface area contributed by atoms with Crippen molar-refractivity contribution in [3.05, 3.63) is 52.8 Å². The number of hydrogen-bond donors (Lipinski definition) is 1. The molecule has 1 N–H and O–H groups in total. The van der Waals surface area contributed by atoms with Crippen LogP contribution in [0.2, 0.25) is 0 Å². The van der Waals surface area contributed by atoms with Gasteiger partial charge in [0, 0.05) is 31.4 Å². The van der Waals surface area contributed by atoms with Gasteiger partial charge in [-0.15, -0.1) is 6.58 Å². The van der Waals surface area contributed by atoms with Gasteiger partial charge < -0.3 is 10.2 Å². The molecule has 2 aromatic heterocycles. The molecule has 3 heterocycles. The van der Waals surface area contributed by atoms with Crippen LogP contribution in [0.5, 0.6) is 0 Å². The summed E-state index contributed by atoms with van der Waals surface area (Å²) in [6.07, 6.45) is 3.78. The average Bonchev–Trinajstić information content (AvgIpc) is 3.41. The SMILES string of the molecule is C=CCn1c(SCC(=O)Nc2ccc(F)c(F)c2)nc2nc(N3CCCC3)sc2c1=O. The van der Waals surface area contributed by atoms with Crippen LogP contribution in [-0.4, -0.2) is 39.3 Å². The number of aromatic nitrogens is 3. The number of thiazole rings is 1. The zero-order valence-electron chi connectivity index (χ0n) is 16.4. The summed E-state index contributed by atoms with van der Waals surface area (Å²) in [6.45, 7) is 5.75. The lowest BCUT2D eigenvalue weighted by Crippen LogP contribution is -2.23. The van der Waals surface area contributed by atoms with Crippen molar-refractivity contribution in [1.29, 1.82) is 0 Å². The highest BCUT2D eigenvalue weighted by molar-refractivity contribution is 7.99. The number of fused-ring (bicyclic) bond motifs is 1. The standard InChI is InChI=1S/C20H19F2N5O2S2/c1-2-7-27-18(29)16-17(24-19(31-16)26-8-3-4-9-26)25-20(27)30-11-15(28)23-12-5-6-13(21)14(22)10-12/h2,5-6,10H,1,3-4,7-9,11H2,(H,23,28). The van der Waals surface area contributed by atoms with Gasteiger partial charge in [0.2, 0.25) is 5.91 Å². The van der Waals surface area contributed by atoms with E-state index in [1.807, 2.05) is 0 Å². The average molecular weight is 464 g/mol. The van der Waals surface area contributed by atoms with Crippen LogP contribution in [0.3, 0.4) is 0 Å². The number of benzene rings is 1. The molecule has 7 nitrogen and oxygen atoms in total. The van der Waals surface area contributed by atoms with E-state index in [0.717, 1.165) is 55.0 Å². The van der Waals surface area contributed by atoms with Gasteiger partial charge in [-0.05, 0) is 25.0 Å². The predicted octanol–water partition coefficient (Wildman–Crippen LogP) is 3.65. The third-order valence-electron chi connectivity index (χ3n) is 4.69. The first-order valence-electron chi connectivity index (χ1n) is 9.61. The van der Waals surface area contributed by atoms with Crippen LogP contribution in [0.15, 0.2) is 40.8 Å². The van der Waals surface area contributed by atoms with Gasteiger partial charge in [-0.1, -0.05) is 29.2 Å². The number of carbonyl (C=O) groups excluding carboxylic acids is 1.